The van der Waals surface area contributed by atoms with E-state index in [0.29, 0.717) is 29.9 Å². The molecule has 276 valence electrons. The Bertz CT molecular complexity index is 1450. The van der Waals surface area contributed by atoms with E-state index in [1.807, 2.05) is 32.0 Å². The Morgan fingerprint density at radius 3 is 2.50 bits per heavy atom. The summed E-state index contributed by atoms with van der Waals surface area (Å²) in [4.78, 5) is 21.1. The molecule has 0 spiro atoms. The molecule has 1 saturated carbocycles. The molecule has 2 heterocycles. The number of carbonyl (C=O) groups excluding carboxylic acids is 1. The molecular weight excluding hydrogens is 664 g/mol. The summed E-state index contributed by atoms with van der Waals surface area (Å²) in [7, 11) is 0. The van der Waals surface area contributed by atoms with Gasteiger partial charge in [0, 0.05) is 67.9 Å². The van der Waals surface area contributed by atoms with E-state index in [9.17, 15) is 9.35 Å². The molecule has 9 heteroatoms. The van der Waals surface area contributed by atoms with Crippen LogP contribution in [0.3, 0.4) is 0 Å². The quantitative estimate of drug-likeness (QED) is 0.166. The van der Waals surface area contributed by atoms with Gasteiger partial charge >= 0.3 is 0 Å². The number of nitrogens with one attached hydrogen (secondary N) is 1. The first-order chi connectivity index (χ1) is 23.9. The second-order valence-electron chi connectivity index (χ2n) is 15.9. The maximum absolute atomic E-state index is 13.3. The third-order valence-corrected chi connectivity index (χ3v) is 12.5. The lowest BCUT2D eigenvalue weighted by Crippen LogP contribution is -2.54. The van der Waals surface area contributed by atoms with Crippen LogP contribution in [0.15, 0.2) is 48.6 Å². The zero-order valence-electron chi connectivity index (χ0n) is 31.6. The number of allylic oxidation sites excluding steroid dienone is 1. The molecule has 0 radical (unpaired) electrons. The number of anilines is 1. The maximum Gasteiger partial charge on any atom is 0.292 e. The lowest BCUT2D eigenvalue weighted by Gasteiger charge is -2.47. The number of aryl methyl sites for hydroxylation is 1. The van der Waals surface area contributed by atoms with Gasteiger partial charge in [0.2, 0.25) is 0 Å². The van der Waals surface area contributed by atoms with Crippen molar-refractivity contribution in [3.05, 3.63) is 70.3 Å². The second-order valence-corrected chi connectivity index (χ2v) is 18.1. The van der Waals surface area contributed by atoms with E-state index in [4.69, 9.17) is 16.3 Å². The monoisotopic (exact) mass is 724 g/mol. The van der Waals surface area contributed by atoms with Gasteiger partial charge in [-0.2, -0.15) is 4.72 Å². The fourth-order valence-electron chi connectivity index (χ4n) is 7.94. The highest BCUT2D eigenvalue weighted by molar-refractivity contribution is 7.90. The van der Waals surface area contributed by atoms with Crippen LogP contribution in [0.1, 0.15) is 102 Å². The molecular formula is C41H61ClN4O3S. The number of carbonyl (C=O) groups is 1. The van der Waals surface area contributed by atoms with Crippen LogP contribution in [0.5, 0.6) is 5.75 Å². The fourth-order valence-corrected chi connectivity index (χ4v) is 8.67. The van der Waals surface area contributed by atoms with E-state index in [2.05, 4.69) is 78.3 Å². The van der Waals surface area contributed by atoms with Gasteiger partial charge in [-0.3, -0.25) is 9.69 Å². The van der Waals surface area contributed by atoms with Gasteiger partial charge in [0.15, 0.2) is 0 Å². The molecule has 5 unspecified atom stereocenters. The van der Waals surface area contributed by atoms with Gasteiger partial charge in [-0.25, -0.2) is 0 Å². The minimum Gasteiger partial charge on any atom is -0.593 e. The van der Waals surface area contributed by atoms with E-state index in [1.54, 1.807) is 6.07 Å². The van der Waals surface area contributed by atoms with Crippen LogP contribution >= 0.6 is 11.6 Å². The number of piperazine rings is 1. The van der Waals surface area contributed by atoms with Crippen LogP contribution in [0, 0.1) is 17.8 Å². The summed E-state index contributed by atoms with van der Waals surface area (Å²) in [6, 6.07) is 12.0. The molecule has 2 aromatic rings. The molecule has 1 saturated heterocycles. The van der Waals surface area contributed by atoms with Gasteiger partial charge in [-0.05, 0) is 120 Å². The first-order valence-electron chi connectivity index (χ1n) is 19.0. The Balaban J connectivity index is 1.41. The highest BCUT2D eigenvalue weighted by Crippen LogP contribution is 2.44. The molecule has 1 N–H and O–H groups in total. The van der Waals surface area contributed by atoms with E-state index >= 15 is 0 Å². The Hall–Kier alpha value is -2.23. The smallest absolute Gasteiger partial charge is 0.292 e. The van der Waals surface area contributed by atoms with Gasteiger partial charge in [-0.1, -0.05) is 50.1 Å². The fraction of sp³-hybridized carbons (Fsp3) is 0.634. The van der Waals surface area contributed by atoms with Crippen LogP contribution < -0.4 is 14.4 Å². The van der Waals surface area contributed by atoms with E-state index in [1.165, 1.54) is 24.0 Å². The van der Waals surface area contributed by atoms with E-state index in [-0.39, 0.29) is 22.6 Å². The molecule has 0 bridgehead atoms. The van der Waals surface area contributed by atoms with Gasteiger partial charge in [-0.15, -0.1) is 0 Å². The average molecular weight is 725 g/mol. The first-order valence-corrected chi connectivity index (χ1v) is 20.6. The molecule has 7 nitrogen and oxygen atoms in total. The summed E-state index contributed by atoms with van der Waals surface area (Å²) < 4.78 is 21.8. The number of hydrogen-bond acceptors (Lipinski definition) is 6. The van der Waals surface area contributed by atoms with Gasteiger partial charge in [0.1, 0.15) is 11.0 Å². The van der Waals surface area contributed by atoms with Crippen molar-refractivity contribution in [1.82, 2.24) is 14.5 Å². The summed E-state index contributed by atoms with van der Waals surface area (Å²) in [6.07, 6.45) is 10.4. The summed E-state index contributed by atoms with van der Waals surface area (Å²) >= 11 is 5.04. The minimum atomic E-state index is -1.45. The minimum absolute atomic E-state index is 0.153. The number of halogens is 1. The lowest BCUT2D eigenvalue weighted by molar-refractivity contribution is 0.0405. The second kappa shape index (κ2) is 17.5. The normalized spacial score (nSPS) is 23.2. The van der Waals surface area contributed by atoms with Gasteiger partial charge in [0.25, 0.3) is 5.91 Å². The van der Waals surface area contributed by atoms with Crippen LogP contribution in [0.4, 0.5) is 5.69 Å². The number of nitrogens with zero attached hydrogens (tertiary/aromatic N) is 3. The lowest BCUT2D eigenvalue weighted by atomic mass is 9.66. The average Bonchev–Trinajstić information content (AvgIpc) is 3.24. The Morgan fingerprint density at radius 2 is 1.86 bits per heavy atom. The van der Waals surface area contributed by atoms with Crippen molar-refractivity contribution in [1.29, 1.82) is 0 Å². The van der Waals surface area contributed by atoms with Gasteiger partial charge < -0.3 is 19.1 Å². The molecule has 2 aliphatic heterocycles. The van der Waals surface area contributed by atoms with Crippen molar-refractivity contribution in [2.45, 2.75) is 97.3 Å². The van der Waals surface area contributed by atoms with Crippen LogP contribution in [-0.4, -0.2) is 83.5 Å². The topological polar surface area (TPSA) is 71.1 Å². The van der Waals surface area contributed by atoms with Crippen molar-refractivity contribution >= 4 is 34.6 Å². The molecule has 0 aromatic heterocycles. The summed E-state index contributed by atoms with van der Waals surface area (Å²) in [5, 5.41) is 0.606. The summed E-state index contributed by atoms with van der Waals surface area (Å²) in [5.41, 5.74) is 4.25. The maximum atomic E-state index is 13.3. The molecule has 5 atom stereocenters. The Labute approximate surface area is 310 Å². The van der Waals surface area contributed by atoms with Crippen molar-refractivity contribution in [3.8, 4) is 5.75 Å². The number of benzene rings is 2. The summed E-state index contributed by atoms with van der Waals surface area (Å²) in [6.45, 7) is 23.0. The standard InChI is InChI=1S/C41H61ClN4O3S/c1-8-10-12-32(25-44-19-21-46(22-20-44)41(5,6)7)37-16-13-33(37)26-45-27-34(36-17-15-35(42)23-30(36)11-9-2)28-49-39-18-14-31(24-38(39)45)40(47)43-50(48)29(3)4/h10,12,14-15,17-18,23-24,29,32-34,37H,8-9,11,13,16,19-22,25-28H2,1-7H3,(H,43,47)/b12-10+. The van der Waals surface area contributed by atoms with Gasteiger partial charge in [0.05, 0.1) is 23.7 Å². The molecule has 50 heavy (non-hydrogen) atoms. The number of hydrogen-bond donors (Lipinski definition) is 1. The van der Waals surface area contributed by atoms with Crippen molar-refractivity contribution in [2.75, 3.05) is 57.3 Å². The molecule has 3 aliphatic rings. The number of amides is 1. The first kappa shape index (κ1) is 39.0. The predicted octanol–water partition coefficient (Wildman–Crippen LogP) is 8.10. The highest BCUT2D eigenvalue weighted by atomic mass is 35.5. The van der Waals surface area contributed by atoms with Crippen molar-refractivity contribution in [2.24, 2.45) is 17.8 Å². The number of fused-ring (bicyclic) bond motifs is 1. The highest BCUT2D eigenvalue weighted by Gasteiger charge is 2.39. The Kier molecular flexibility index (Phi) is 13.7. The molecule has 2 aromatic carbocycles. The largest absolute Gasteiger partial charge is 0.593 e. The van der Waals surface area contributed by atoms with E-state index in [0.717, 1.165) is 81.5 Å². The van der Waals surface area contributed by atoms with E-state index < -0.39 is 11.4 Å². The van der Waals surface area contributed by atoms with Crippen LogP contribution in [-0.2, 0) is 17.8 Å². The molecule has 2 fully saturated rings. The summed E-state index contributed by atoms with van der Waals surface area (Å²) in [5.74, 6) is 2.30. The van der Waals surface area contributed by atoms with Crippen molar-refractivity contribution < 1.29 is 14.1 Å². The zero-order valence-corrected chi connectivity index (χ0v) is 33.1. The van der Waals surface area contributed by atoms with Crippen LogP contribution in [0.25, 0.3) is 0 Å². The zero-order chi connectivity index (χ0) is 36.0. The Morgan fingerprint density at radius 1 is 1.10 bits per heavy atom. The third kappa shape index (κ3) is 9.80. The molecule has 1 amide bonds. The molecule has 5 rings (SSSR count). The predicted molar refractivity (Wildman–Crippen MR) is 210 cm³/mol. The van der Waals surface area contributed by atoms with Crippen molar-refractivity contribution in [3.63, 3.8) is 0 Å². The number of ether oxygens (including phenoxy) is 1. The van der Waals surface area contributed by atoms with Crippen LogP contribution in [0.2, 0.25) is 5.02 Å². The SMILES string of the molecule is CC/C=C/C(CN1CCN(C(C)(C)C)CC1)C1CCC1CN1CC(c2ccc(Cl)cc2CCC)COc2ccc(C(=O)N[S+]([O-])C(C)C)cc21. The third-order valence-electron chi connectivity index (χ3n) is 11.0. The molecule has 1 aliphatic carbocycles. The number of rotatable bonds is 13.